The molecule has 2 aliphatic heterocycles. The lowest BCUT2D eigenvalue weighted by atomic mass is 9.94. The van der Waals surface area contributed by atoms with E-state index in [-0.39, 0.29) is 10.8 Å². The molecule has 7 nitrogen and oxygen atoms in total. The summed E-state index contributed by atoms with van der Waals surface area (Å²) in [5, 5.41) is 14.6. The molecule has 0 radical (unpaired) electrons. The third-order valence-corrected chi connectivity index (χ3v) is 6.33. The fourth-order valence-corrected chi connectivity index (χ4v) is 4.80. The van der Waals surface area contributed by atoms with Gasteiger partial charge in [0.1, 0.15) is 6.54 Å². The van der Waals surface area contributed by atoms with Crippen molar-refractivity contribution in [2.75, 3.05) is 13.1 Å². The molecule has 1 amide bonds. The van der Waals surface area contributed by atoms with Crippen LogP contribution in [0.5, 0.6) is 0 Å². The topological polar surface area (TPSA) is 74.9 Å². The molecule has 1 fully saturated rings. The Morgan fingerprint density at radius 3 is 3.03 bits per heavy atom. The predicted octanol–water partition coefficient (Wildman–Crippen LogP) is 3.30. The SMILES string of the molecule is O=C(NCC(F)(F)F)c1cc(-c2cnn3cc(C4C=NN5CCCC45)cnc23)cs1. The number of nitrogens with one attached hydrogen (secondary N) is 1. The molecule has 0 aliphatic carbocycles. The van der Waals surface area contributed by atoms with Gasteiger partial charge in [-0.25, -0.2) is 9.50 Å². The lowest BCUT2D eigenvalue weighted by molar-refractivity contribution is -0.123. The number of fused-ring (bicyclic) bond motifs is 2. The number of carbonyl (C=O) groups excluding carboxylic acids is 1. The fourth-order valence-electron chi connectivity index (χ4n) is 3.98. The summed E-state index contributed by atoms with van der Waals surface area (Å²) in [7, 11) is 0. The summed E-state index contributed by atoms with van der Waals surface area (Å²) in [6.45, 7) is -0.376. The van der Waals surface area contributed by atoms with Gasteiger partial charge in [0.25, 0.3) is 5.91 Å². The van der Waals surface area contributed by atoms with E-state index in [2.05, 4.69) is 20.2 Å². The van der Waals surface area contributed by atoms with Crippen molar-refractivity contribution in [1.29, 1.82) is 0 Å². The normalized spacial score (nSPS) is 20.8. The van der Waals surface area contributed by atoms with Crippen molar-refractivity contribution in [1.82, 2.24) is 24.9 Å². The highest BCUT2D eigenvalue weighted by Gasteiger charge is 2.35. The monoisotopic (exact) mass is 434 g/mol. The Balaban J connectivity index is 1.38. The van der Waals surface area contributed by atoms with E-state index in [1.54, 1.807) is 22.2 Å². The average Bonchev–Trinajstić information content (AvgIpc) is 3.47. The zero-order valence-corrected chi connectivity index (χ0v) is 16.5. The molecule has 5 rings (SSSR count). The summed E-state index contributed by atoms with van der Waals surface area (Å²) in [6, 6.07) is 1.93. The summed E-state index contributed by atoms with van der Waals surface area (Å²) in [6.07, 6.45) is 5.16. The number of nitrogens with zero attached hydrogens (tertiary/aromatic N) is 5. The van der Waals surface area contributed by atoms with Crippen molar-refractivity contribution in [2.45, 2.75) is 31.0 Å². The Bertz CT molecular complexity index is 1140. The predicted molar refractivity (Wildman–Crippen MR) is 106 cm³/mol. The molecule has 2 aliphatic rings. The molecule has 156 valence electrons. The van der Waals surface area contributed by atoms with Gasteiger partial charge >= 0.3 is 6.18 Å². The summed E-state index contributed by atoms with van der Waals surface area (Å²) < 4.78 is 38.6. The molecule has 0 bridgehead atoms. The Morgan fingerprint density at radius 1 is 1.33 bits per heavy atom. The lowest BCUT2D eigenvalue weighted by Crippen LogP contribution is -2.33. The maximum absolute atomic E-state index is 12.3. The molecule has 5 heterocycles. The van der Waals surface area contributed by atoms with E-state index < -0.39 is 18.6 Å². The molecule has 0 spiro atoms. The maximum atomic E-state index is 12.3. The second-order valence-electron chi connectivity index (χ2n) is 7.37. The number of rotatable bonds is 4. The summed E-state index contributed by atoms with van der Waals surface area (Å²) >= 11 is 1.08. The van der Waals surface area contributed by atoms with Gasteiger partial charge in [-0.05, 0) is 35.4 Å². The number of hydrogen-bond donors (Lipinski definition) is 1. The lowest BCUT2D eigenvalue weighted by Gasteiger charge is -2.19. The molecule has 1 saturated heterocycles. The zero-order valence-electron chi connectivity index (χ0n) is 15.6. The fraction of sp³-hybridized carbons (Fsp3) is 0.368. The van der Waals surface area contributed by atoms with Crippen molar-refractivity contribution in [3.63, 3.8) is 0 Å². The van der Waals surface area contributed by atoms with Gasteiger partial charge in [0.15, 0.2) is 5.65 Å². The Hall–Kier alpha value is -2.95. The standard InChI is InChI=1S/C19H17F3N6OS/c20-19(21,22)10-24-18(29)16-4-11(9-30-16)14-7-26-28-8-12(5-23-17(14)28)13-6-25-27-3-1-2-15(13)27/h4-9,13,15H,1-3,10H2,(H,24,29). The van der Waals surface area contributed by atoms with Crippen LogP contribution in [0.1, 0.15) is 34.0 Å². The van der Waals surface area contributed by atoms with Gasteiger partial charge < -0.3 is 5.32 Å². The molecule has 0 aromatic carbocycles. The van der Waals surface area contributed by atoms with Crippen molar-refractivity contribution in [3.05, 3.63) is 40.5 Å². The van der Waals surface area contributed by atoms with E-state index in [0.717, 1.165) is 41.9 Å². The highest BCUT2D eigenvalue weighted by molar-refractivity contribution is 7.12. The van der Waals surface area contributed by atoms with Crippen LogP contribution in [0.15, 0.2) is 35.1 Å². The second kappa shape index (κ2) is 7.08. The molecule has 30 heavy (non-hydrogen) atoms. The highest BCUT2D eigenvalue weighted by Crippen LogP contribution is 2.35. The van der Waals surface area contributed by atoms with Crippen LogP contribution in [-0.2, 0) is 0 Å². The van der Waals surface area contributed by atoms with Crippen LogP contribution in [-0.4, -0.2) is 57.0 Å². The van der Waals surface area contributed by atoms with Gasteiger partial charge in [0.2, 0.25) is 0 Å². The van der Waals surface area contributed by atoms with E-state index in [1.807, 2.05) is 23.9 Å². The molecular formula is C19H17F3N6OS. The first kappa shape index (κ1) is 19.0. The molecule has 3 aromatic heterocycles. The molecule has 1 N–H and O–H groups in total. The molecule has 2 atom stereocenters. The van der Waals surface area contributed by atoms with Crippen molar-refractivity contribution in [2.24, 2.45) is 5.10 Å². The quantitative estimate of drug-likeness (QED) is 0.684. The van der Waals surface area contributed by atoms with E-state index in [1.165, 1.54) is 0 Å². The van der Waals surface area contributed by atoms with Crippen LogP contribution in [0.25, 0.3) is 16.8 Å². The van der Waals surface area contributed by atoms with Gasteiger partial charge in [0, 0.05) is 36.6 Å². The number of aromatic nitrogens is 3. The van der Waals surface area contributed by atoms with Gasteiger partial charge in [-0.2, -0.15) is 23.4 Å². The van der Waals surface area contributed by atoms with Crippen LogP contribution in [0.3, 0.4) is 0 Å². The van der Waals surface area contributed by atoms with Gasteiger partial charge in [-0.1, -0.05) is 0 Å². The largest absolute Gasteiger partial charge is 0.405 e. The summed E-state index contributed by atoms with van der Waals surface area (Å²) in [5.74, 6) is -0.570. The van der Waals surface area contributed by atoms with Gasteiger partial charge in [-0.15, -0.1) is 11.3 Å². The Labute approximate surface area is 173 Å². The molecule has 0 saturated carbocycles. The minimum absolute atomic E-state index is 0.183. The van der Waals surface area contributed by atoms with E-state index in [9.17, 15) is 18.0 Å². The van der Waals surface area contributed by atoms with Crippen LogP contribution >= 0.6 is 11.3 Å². The van der Waals surface area contributed by atoms with Gasteiger partial charge in [0.05, 0.1) is 17.1 Å². The van der Waals surface area contributed by atoms with Crippen LogP contribution < -0.4 is 5.32 Å². The number of amides is 1. The minimum Gasteiger partial charge on any atom is -0.342 e. The number of hydrazone groups is 1. The molecule has 3 aromatic rings. The zero-order chi connectivity index (χ0) is 20.9. The number of thiophene rings is 1. The first-order valence-electron chi connectivity index (χ1n) is 9.47. The summed E-state index contributed by atoms with van der Waals surface area (Å²) in [5.41, 5.74) is 3.07. The van der Waals surface area contributed by atoms with Crippen molar-refractivity contribution >= 4 is 29.1 Å². The van der Waals surface area contributed by atoms with Crippen molar-refractivity contribution < 1.29 is 18.0 Å². The van der Waals surface area contributed by atoms with Crippen LogP contribution in [0.2, 0.25) is 0 Å². The second-order valence-corrected chi connectivity index (χ2v) is 8.29. The van der Waals surface area contributed by atoms with E-state index in [0.29, 0.717) is 17.3 Å². The first-order valence-corrected chi connectivity index (χ1v) is 10.3. The average molecular weight is 434 g/mol. The number of halogens is 3. The van der Waals surface area contributed by atoms with Crippen molar-refractivity contribution in [3.8, 4) is 11.1 Å². The maximum Gasteiger partial charge on any atom is 0.405 e. The number of hydrogen-bond acceptors (Lipinski definition) is 6. The smallest absolute Gasteiger partial charge is 0.342 e. The third kappa shape index (κ3) is 3.42. The molecular weight excluding hydrogens is 417 g/mol. The minimum atomic E-state index is -4.45. The van der Waals surface area contributed by atoms with E-state index in [4.69, 9.17) is 0 Å². The van der Waals surface area contributed by atoms with E-state index >= 15 is 0 Å². The number of alkyl halides is 3. The van der Waals surface area contributed by atoms with Crippen LogP contribution in [0.4, 0.5) is 13.2 Å². The Morgan fingerprint density at radius 2 is 2.20 bits per heavy atom. The molecule has 11 heteroatoms. The Kier molecular flexibility index (Phi) is 4.49. The number of carbonyl (C=O) groups is 1. The highest BCUT2D eigenvalue weighted by atomic mass is 32.1. The van der Waals surface area contributed by atoms with Crippen LogP contribution in [0, 0.1) is 0 Å². The summed E-state index contributed by atoms with van der Waals surface area (Å²) in [4.78, 5) is 16.7. The first-order chi connectivity index (χ1) is 14.4. The molecule has 2 unspecified atom stereocenters. The van der Waals surface area contributed by atoms with Gasteiger partial charge in [-0.3, -0.25) is 9.80 Å². The third-order valence-electron chi connectivity index (χ3n) is 5.40.